The Morgan fingerprint density at radius 3 is 2.83 bits per heavy atom. The van der Waals surface area contributed by atoms with Crippen LogP contribution < -0.4 is 5.32 Å². The molecule has 1 fully saturated rings. The topological polar surface area (TPSA) is 48.1 Å². The average molecular weight is 406 g/mol. The number of H-pyrrole nitrogens is 1. The second kappa shape index (κ2) is 8.25. The number of aryl methyl sites for hydroxylation is 2. The number of aromatic nitrogens is 1. The Balaban J connectivity index is 1.33. The molecule has 0 spiro atoms. The highest BCUT2D eigenvalue weighted by Gasteiger charge is 2.17. The molecule has 2 heterocycles. The largest absolute Gasteiger partial charge is 0.358 e. The minimum Gasteiger partial charge on any atom is -0.358 e. The van der Waals surface area contributed by atoms with Crippen molar-refractivity contribution in [1.29, 1.82) is 0 Å². The molecule has 2 aromatic carbocycles. The van der Waals surface area contributed by atoms with E-state index in [2.05, 4.69) is 33.4 Å². The molecule has 5 rings (SSSR count). The average Bonchev–Trinajstić information content (AvgIpc) is 3.13. The number of carbonyl (C=O) groups excluding carboxylic acids is 1. The van der Waals surface area contributed by atoms with Gasteiger partial charge in [-0.2, -0.15) is 11.8 Å². The van der Waals surface area contributed by atoms with Crippen LogP contribution in [0, 0.1) is 0 Å². The molecule has 0 bridgehead atoms. The lowest BCUT2D eigenvalue weighted by Crippen LogP contribution is -2.31. The Morgan fingerprint density at radius 1 is 1.07 bits per heavy atom. The van der Waals surface area contributed by atoms with Gasteiger partial charge in [-0.05, 0) is 67.1 Å². The lowest BCUT2D eigenvalue weighted by Gasteiger charge is -2.26. The fourth-order valence-corrected chi connectivity index (χ4v) is 5.49. The van der Waals surface area contributed by atoms with Crippen molar-refractivity contribution in [2.75, 3.05) is 29.9 Å². The van der Waals surface area contributed by atoms with E-state index in [1.807, 2.05) is 36.0 Å². The minimum absolute atomic E-state index is 0.0378. The van der Waals surface area contributed by atoms with Crippen LogP contribution in [-0.2, 0) is 19.4 Å². The SMILES string of the molecule is O=C(Nc1cccc(CN2CCSCC2)c1)c1ccc2[nH]c3c(c2c1)CCCC3. The first kappa shape index (κ1) is 18.8. The predicted octanol–water partition coefficient (Wildman–Crippen LogP) is 4.85. The number of anilines is 1. The molecule has 29 heavy (non-hydrogen) atoms. The maximum atomic E-state index is 12.9. The highest BCUT2D eigenvalue weighted by Crippen LogP contribution is 2.30. The van der Waals surface area contributed by atoms with Crippen molar-refractivity contribution in [2.24, 2.45) is 0 Å². The first-order chi connectivity index (χ1) is 14.3. The molecule has 3 aromatic rings. The molecule has 1 amide bonds. The van der Waals surface area contributed by atoms with Crippen LogP contribution in [0.4, 0.5) is 5.69 Å². The number of hydrogen-bond donors (Lipinski definition) is 2. The summed E-state index contributed by atoms with van der Waals surface area (Å²) in [7, 11) is 0. The van der Waals surface area contributed by atoms with Crippen LogP contribution >= 0.6 is 11.8 Å². The van der Waals surface area contributed by atoms with E-state index in [4.69, 9.17) is 0 Å². The van der Waals surface area contributed by atoms with E-state index >= 15 is 0 Å². The summed E-state index contributed by atoms with van der Waals surface area (Å²) in [4.78, 5) is 18.9. The Kier molecular flexibility index (Phi) is 5.34. The zero-order valence-corrected chi connectivity index (χ0v) is 17.5. The fraction of sp³-hybridized carbons (Fsp3) is 0.375. The summed E-state index contributed by atoms with van der Waals surface area (Å²) in [6.07, 6.45) is 4.71. The maximum absolute atomic E-state index is 12.9. The number of rotatable bonds is 4. The second-order valence-electron chi connectivity index (χ2n) is 8.09. The summed E-state index contributed by atoms with van der Waals surface area (Å²) in [6.45, 7) is 3.23. The number of benzene rings is 2. The number of hydrogen-bond acceptors (Lipinski definition) is 3. The molecule has 0 radical (unpaired) electrons. The van der Waals surface area contributed by atoms with Crippen molar-refractivity contribution in [1.82, 2.24) is 9.88 Å². The lowest BCUT2D eigenvalue weighted by molar-refractivity contribution is 0.102. The molecule has 2 N–H and O–H groups in total. The van der Waals surface area contributed by atoms with Gasteiger partial charge in [-0.15, -0.1) is 0 Å². The molecular weight excluding hydrogens is 378 g/mol. The molecule has 0 atom stereocenters. The third-order valence-electron chi connectivity index (χ3n) is 6.06. The number of aromatic amines is 1. The first-order valence-corrected chi connectivity index (χ1v) is 11.8. The van der Waals surface area contributed by atoms with Crippen molar-refractivity contribution in [2.45, 2.75) is 32.2 Å². The normalized spacial score (nSPS) is 17.2. The van der Waals surface area contributed by atoms with Crippen molar-refractivity contribution < 1.29 is 4.79 Å². The molecule has 1 saturated heterocycles. The van der Waals surface area contributed by atoms with Crippen LogP contribution in [0.5, 0.6) is 0 Å². The van der Waals surface area contributed by atoms with Gasteiger partial charge in [-0.1, -0.05) is 12.1 Å². The standard InChI is InChI=1S/C24H27N3OS/c28-24(18-8-9-23-21(15-18)20-6-1-2-7-22(20)26-23)25-19-5-3-4-17(14-19)16-27-10-12-29-13-11-27/h3-5,8-9,14-15,26H,1-2,6-7,10-13,16H2,(H,25,28). The van der Waals surface area contributed by atoms with Crippen molar-refractivity contribution in [3.05, 3.63) is 64.8 Å². The Hall–Kier alpha value is -2.24. The Bertz CT molecular complexity index is 1040. The molecule has 0 unspecified atom stereocenters. The second-order valence-corrected chi connectivity index (χ2v) is 9.32. The molecule has 1 aliphatic carbocycles. The third kappa shape index (κ3) is 4.07. The summed E-state index contributed by atoms with van der Waals surface area (Å²) in [5, 5.41) is 4.31. The monoisotopic (exact) mass is 405 g/mol. The predicted molar refractivity (Wildman–Crippen MR) is 122 cm³/mol. The quantitative estimate of drug-likeness (QED) is 0.652. The van der Waals surface area contributed by atoms with Gasteiger partial charge in [0.1, 0.15) is 0 Å². The van der Waals surface area contributed by atoms with Gasteiger partial charge in [0.2, 0.25) is 0 Å². The number of fused-ring (bicyclic) bond motifs is 3. The van der Waals surface area contributed by atoms with Crippen LogP contribution in [-0.4, -0.2) is 40.4 Å². The van der Waals surface area contributed by atoms with Gasteiger partial charge in [0.05, 0.1) is 0 Å². The first-order valence-electron chi connectivity index (χ1n) is 10.6. The lowest BCUT2D eigenvalue weighted by atomic mass is 9.95. The number of thioether (sulfide) groups is 1. The van der Waals surface area contributed by atoms with E-state index in [1.165, 1.54) is 46.6 Å². The molecule has 1 aliphatic heterocycles. The van der Waals surface area contributed by atoms with E-state index < -0.39 is 0 Å². The maximum Gasteiger partial charge on any atom is 0.255 e. The number of carbonyl (C=O) groups is 1. The van der Waals surface area contributed by atoms with E-state index in [-0.39, 0.29) is 5.91 Å². The van der Waals surface area contributed by atoms with Gasteiger partial charge in [-0.25, -0.2) is 0 Å². The Morgan fingerprint density at radius 2 is 1.93 bits per heavy atom. The smallest absolute Gasteiger partial charge is 0.255 e. The van der Waals surface area contributed by atoms with Crippen LogP contribution in [0.25, 0.3) is 10.9 Å². The fourth-order valence-electron chi connectivity index (χ4n) is 4.52. The van der Waals surface area contributed by atoms with Crippen molar-refractivity contribution in [3.63, 3.8) is 0 Å². The molecule has 4 nitrogen and oxygen atoms in total. The van der Waals surface area contributed by atoms with Crippen LogP contribution in [0.2, 0.25) is 0 Å². The minimum atomic E-state index is -0.0378. The van der Waals surface area contributed by atoms with Gasteiger partial charge >= 0.3 is 0 Å². The summed E-state index contributed by atoms with van der Waals surface area (Å²) < 4.78 is 0. The molecular formula is C24H27N3OS. The van der Waals surface area contributed by atoms with E-state index in [1.54, 1.807) is 0 Å². The molecule has 1 aromatic heterocycles. The third-order valence-corrected chi connectivity index (χ3v) is 7.00. The highest BCUT2D eigenvalue weighted by molar-refractivity contribution is 7.99. The van der Waals surface area contributed by atoms with Crippen LogP contribution in [0.1, 0.15) is 40.0 Å². The van der Waals surface area contributed by atoms with Gasteiger partial charge < -0.3 is 10.3 Å². The van der Waals surface area contributed by atoms with Crippen LogP contribution in [0.15, 0.2) is 42.5 Å². The number of amides is 1. The number of nitrogens with one attached hydrogen (secondary N) is 2. The molecule has 5 heteroatoms. The molecule has 2 aliphatic rings. The van der Waals surface area contributed by atoms with E-state index in [9.17, 15) is 4.79 Å². The van der Waals surface area contributed by atoms with Crippen molar-refractivity contribution in [3.8, 4) is 0 Å². The van der Waals surface area contributed by atoms with Gasteiger partial charge in [0.25, 0.3) is 5.91 Å². The summed E-state index contributed by atoms with van der Waals surface area (Å²) in [6, 6.07) is 14.3. The molecule has 150 valence electrons. The van der Waals surface area contributed by atoms with Crippen molar-refractivity contribution >= 4 is 34.3 Å². The van der Waals surface area contributed by atoms with E-state index in [0.717, 1.165) is 49.2 Å². The zero-order chi connectivity index (χ0) is 19.6. The van der Waals surface area contributed by atoms with Gasteiger partial charge in [0, 0.05) is 59.0 Å². The highest BCUT2D eigenvalue weighted by atomic mass is 32.2. The summed E-state index contributed by atoms with van der Waals surface area (Å²) >= 11 is 2.03. The van der Waals surface area contributed by atoms with Gasteiger partial charge in [0.15, 0.2) is 0 Å². The zero-order valence-electron chi connectivity index (χ0n) is 16.7. The summed E-state index contributed by atoms with van der Waals surface area (Å²) in [5.74, 6) is 2.38. The van der Waals surface area contributed by atoms with Crippen LogP contribution in [0.3, 0.4) is 0 Å². The Labute approximate surface area is 176 Å². The number of nitrogens with zero attached hydrogens (tertiary/aromatic N) is 1. The van der Waals surface area contributed by atoms with Gasteiger partial charge in [-0.3, -0.25) is 9.69 Å². The van der Waals surface area contributed by atoms with E-state index in [0.29, 0.717) is 0 Å². The molecule has 0 saturated carbocycles. The summed E-state index contributed by atoms with van der Waals surface area (Å²) in [5.41, 5.74) is 6.76.